The van der Waals surface area contributed by atoms with Crippen LogP contribution in [0, 0.1) is 12.7 Å². The first-order valence-corrected chi connectivity index (χ1v) is 5.44. The molecule has 2 aromatic rings. The molecular formula is C13H11FN2O3. The van der Waals surface area contributed by atoms with Gasteiger partial charge in [-0.25, -0.2) is 19.2 Å². The average molecular weight is 262 g/mol. The van der Waals surface area contributed by atoms with Gasteiger partial charge < -0.3 is 9.47 Å². The Hall–Kier alpha value is -2.50. The Labute approximate surface area is 109 Å². The number of esters is 1. The molecule has 6 heteroatoms. The number of methoxy groups -OCH3 is 1. The summed E-state index contributed by atoms with van der Waals surface area (Å²) in [6, 6.07) is 4.49. The predicted molar refractivity (Wildman–Crippen MR) is 64.6 cm³/mol. The third-order valence-electron chi connectivity index (χ3n) is 2.32. The Morgan fingerprint density at radius 1 is 1.26 bits per heavy atom. The van der Waals surface area contributed by atoms with E-state index in [2.05, 4.69) is 14.7 Å². The molecule has 0 saturated carbocycles. The largest absolute Gasteiger partial charge is 0.464 e. The molecule has 0 N–H and O–H groups in total. The first-order chi connectivity index (χ1) is 9.10. The van der Waals surface area contributed by atoms with Crippen molar-refractivity contribution in [1.82, 2.24) is 9.97 Å². The van der Waals surface area contributed by atoms with Gasteiger partial charge in [0.25, 0.3) is 0 Å². The van der Waals surface area contributed by atoms with E-state index in [1.165, 1.54) is 25.6 Å². The highest BCUT2D eigenvalue weighted by molar-refractivity contribution is 5.86. The monoisotopic (exact) mass is 262 g/mol. The van der Waals surface area contributed by atoms with Crippen molar-refractivity contribution < 1.29 is 18.7 Å². The Balaban J connectivity index is 2.19. The van der Waals surface area contributed by atoms with Gasteiger partial charge in [-0.05, 0) is 24.6 Å². The summed E-state index contributed by atoms with van der Waals surface area (Å²) in [7, 11) is 1.25. The molecule has 0 unspecified atom stereocenters. The maximum atomic E-state index is 13.5. The number of aromatic nitrogens is 2. The second-order valence-electron chi connectivity index (χ2n) is 3.77. The molecule has 0 saturated heterocycles. The SMILES string of the molecule is COC(=O)c1cnc(Oc2cc(C)ccc2F)cn1. The summed E-state index contributed by atoms with van der Waals surface area (Å²) in [4.78, 5) is 18.8. The third kappa shape index (κ3) is 3.04. The van der Waals surface area contributed by atoms with Gasteiger partial charge >= 0.3 is 5.97 Å². The molecule has 1 aromatic carbocycles. The van der Waals surface area contributed by atoms with E-state index in [4.69, 9.17) is 4.74 Å². The van der Waals surface area contributed by atoms with Crippen molar-refractivity contribution in [3.8, 4) is 11.6 Å². The van der Waals surface area contributed by atoms with Gasteiger partial charge in [0.1, 0.15) is 0 Å². The molecule has 0 aliphatic carbocycles. The number of hydrogen-bond acceptors (Lipinski definition) is 5. The summed E-state index contributed by atoms with van der Waals surface area (Å²) >= 11 is 0. The number of ether oxygens (including phenoxy) is 2. The van der Waals surface area contributed by atoms with Gasteiger partial charge in [0.05, 0.1) is 19.5 Å². The number of carbonyl (C=O) groups is 1. The molecule has 5 nitrogen and oxygen atoms in total. The summed E-state index contributed by atoms with van der Waals surface area (Å²) in [5.74, 6) is -0.942. The van der Waals surface area contributed by atoms with Crippen LogP contribution in [0.4, 0.5) is 4.39 Å². The standard InChI is InChI=1S/C13H11FN2O3/c1-8-3-4-9(14)11(5-8)19-12-7-15-10(6-16-12)13(17)18-2/h3-7H,1-2H3. The quantitative estimate of drug-likeness (QED) is 0.795. The van der Waals surface area contributed by atoms with Crippen molar-refractivity contribution in [2.75, 3.05) is 7.11 Å². The van der Waals surface area contributed by atoms with Crippen LogP contribution in [0.25, 0.3) is 0 Å². The van der Waals surface area contributed by atoms with Crippen LogP contribution < -0.4 is 4.74 Å². The number of aryl methyl sites for hydroxylation is 1. The molecule has 0 fully saturated rings. The van der Waals surface area contributed by atoms with Crippen LogP contribution in [-0.2, 0) is 4.74 Å². The van der Waals surface area contributed by atoms with Gasteiger partial charge in [-0.15, -0.1) is 0 Å². The normalized spacial score (nSPS) is 10.1. The smallest absolute Gasteiger partial charge is 0.358 e. The van der Waals surface area contributed by atoms with Crippen molar-refractivity contribution in [2.24, 2.45) is 0 Å². The minimum atomic E-state index is -0.596. The van der Waals surface area contributed by atoms with Crippen LogP contribution in [0.1, 0.15) is 16.1 Å². The Bertz CT molecular complexity index is 599. The highest BCUT2D eigenvalue weighted by Gasteiger charge is 2.10. The number of rotatable bonds is 3. The van der Waals surface area contributed by atoms with Crippen LogP contribution in [0.3, 0.4) is 0 Å². The maximum absolute atomic E-state index is 13.5. The second-order valence-corrected chi connectivity index (χ2v) is 3.77. The molecule has 0 radical (unpaired) electrons. The van der Waals surface area contributed by atoms with Gasteiger partial charge in [-0.2, -0.15) is 0 Å². The second kappa shape index (κ2) is 5.43. The fourth-order valence-corrected chi connectivity index (χ4v) is 1.38. The van der Waals surface area contributed by atoms with Gasteiger partial charge in [0.2, 0.25) is 5.88 Å². The minimum Gasteiger partial charge on any atom is -0.464 e. The van der Waals surface area contributed by atoms with Gasteiger partial charge in [-0.1, -0.05) is 6.07 Å². The first kappa shape index (κ1) is 12.9. The van der Waals surface area contributed by atoms with E-state index in [1.54, 1.807) is 12.1 Å². The number of nitrogens with zero attached hydrogens (tertiary/aromatic N) is 2. The minimum absolute atomic E-state index is 0.0552. The van der Waals surface area contributed by atoms with Crippen LogP contribution in [-0.4, -0.2) is 23.0 Å². The zero-order valence-corrected chi connectivity index (χ0v) is 10.4. The van der Waals surface area contributed by atoms with Crippen LogP contribution in [0.15, 0.2) is 30.6 Å². The Kier molecular flexibility index (Phi) is 3.70. The van der Waals surface area contributed by atoms with Crippen molar-refractivity contribution in [1.29, 1.82) is 0 Å². The fourth-order valence-electron chi connectivity index (χ4n) is 1.38. The lowest BCUT2D eigenvalue weighted by Crippen LogP contribution is -2.05. The summed E-state index contributed by atoms with van der Waals surface area (Å²) < 4.78 is 23.2. The summed E-state index contributed by atoms with van der Waals surface area (Å²) in [5, 5.41) is 0. The molecule has 2 rings (SSSR count). The van der Waals surface area contributed by atoms with E-state index >= 15 is 0 Å². The van der Waals surface area contributed by atoms with Gasteiger partial charge in [-0.3, -0.25) is 0 Å². The first-order valence-electron chi connectivity index (χ1n) is 5.44. The van der Waals surface area contributed by atoms with Gasteiger partial charge in [0.15, 0.2) is 17.3 Å². The molecule has 0 aliphatic heterocycles. The lowest BCUT2D eigenvalue weighted by molar-refractivity contribution is 0.0593. The van der Waals surface area contributed by atoms with Gasteiger partial charge in [0, 0.05) is 0 Å². The lowest BCUT2D eigenvalue weighted by atomic mass is 10.2. The zero-order chi connectivity index (χ0) is 13.8. The van der Waals surface area contributed by atoms with Crippen molar-refractivity contribution in [3.05, 3.63) is 47.7 Å². The van der Waals surface area contributed by atoms with Crippen LogP contribution in [0.2, 0.25) is 0 Å². The number of carbonyl (C=O) groups excluding carboxylic acids is 1. The topological polar surface area (TPSA) is 61.3 Å². The van der Waals surface area contributed by atoms with E-state index in [9.17, 15) is 9.18 Å². The van der Waals surface area contributed by atoms with E-state index in [0.717, 1.165) is 5.56 Å². The van der Waals surface area contributed by atoms with Crippen LogP contribution in [0.5, 0.6) is 11.6 Å². The summed E-state index contributed by atoms with van der Waals surface area (Å²) in [6.07, 6.45) is 2.43. The highest BCUT2D eigenvalue weighted by atomic mass is 19.1. The molecule has 0 spiro atoms. The molecule has 19 heavy (non-hydrogen) atoms. The van der Waals surface area contributed by atoms with E-state index in [-0.39, 0.29) is 17.3 Å². The summed E-state index contributed by atoms with van der Waals surface area (Å²) in [6.45, 7) is 1.82. The highest BCUT2D eigenvalue weighted by Crippen LogP contribution is 2.23. The van der Waals surface area contributed by atoms with Crippen molar-refractivity contribution in [2.45, 2.75) is 6.92 Å². The fraction of sp³-hybridized carbons (Fsp3) is 0.154. The van der Waals surface area contributed by atoms with Crippen molar-refractivity contribution >= 4 is 5.97 Å². The molecule has 0 amide bonds. The molecule has 1 heterocycles. The van der Waals surface area contributed by atoms with E-state index in [0.29, 0.717) is 0 Å². The van der Waals surface area contributed by atoms with Crippen molar-refractivity contribution in [3.63, 3.8) is 0 Å². The van der Waals surface area contributed by atoms with E-state index in [1.807, 2.05) is 6.92 Å². The number of benzene rings is 1. The molecular weight excluding hydrogens is 251 g/mol. The maximum Gasteiger partial charge on any atom is 0.358 e. The number of hydrogen-bond donors (Lipinski definition) is 0. The van der Waals surface area contributed by atoms with E-state index < -0.39 is 11.8 Å². The number of halogens is 1. The average Bonchev–Trinajstić information content (AvgIpc) is 2.43. The lowest BCUT2D eigenvalue weighted by Gasteiger charge is -2.06. The molecule has 1 aromatic heterocycles. The third-order valence-corrected chi connectivity index (χ3v) is 2.32. The van der Waals surface area contributed by atoms with Crippen LogP contribution >= 0.6 is 0 Å². The molecule has 98 valence electrons. The molecule has 0 aliphatic rings. The molecule has 0 atom stereocenters. The predicted octanol–water partition coefficient (Wildman–Crippen LogP) is 2.50. The molecule has 0 bridgehead atoms. The Morgan fingerprint density at radius 3 is 2.68 bits per heavy atom. The zero-order valence-electron chi connectivity index (χ0n) is 10.4. The Morgan fingerprint density at radius 2 is 2.05 bits per heavy atom. The summed E-state index contributed by atoms with van der Waals surface area (Å²) in [5.41, 5.74) is 0.912.